The first-order chi connectivity index (χ1) is 39.2. The fraction of sp³-hybridized carbons (Fsp3) is 0.510. The average Bonchev–Trinajstić information content (AvgIpc) is 4.22. The predicted molar refractivity (Wildman–Crippen MR) is 298 cm³/mol. The lowest BCUT2D eigenvalue weighted by molar-refractivity contribution is -0.146. The maximum absolute atomic E-state index is 14.1. The molecule has 22 N–H and O–H groups in total. The van der Waals surface area contributed by atoms with Crippen molar-refractivity contribution < 1.29 is 78.0 Å². The highest BCUT2D eigenvalue weighted by atomic mass is 32.1. The number of carboxylic acid groups (broad SMARTS) is 1. The van der Waals surface area contributed by atoms with Gasteiger partial charge in [-0.15, -0.1) is 0 Å². The molecule has 1 saturated heterocycles. The van der Waals surface area contributed by atoms with E-state index in [9.17, 15) is 78.0 Å². The summed E-state index contributed by atoms with van der Waals surface area (Å²) >= 11 is 3.97. The zero-order chi connectivity index (χ0) is 61.9. The van der Waals surface area contributed by atoms with Crippen molar-refractivity contribution in [2.24, 2.45) is 33.7 Å². The number of carbonyl (C=O) groups is 12. The number of nitrogens with two attached hydrogens (primary N) is 5. The van der Waals surface area contributed by atoms with E-state index in [2.05, 4.69) is 60.2 Å². The zero-order valence-electron chi connectivity index (χ0n) is 45.5. The first-order valence-electron chi connectivity index (χ1n) is 26.3. The summed E-state index contributed by atoms with van der Waals surface area (Å²) < 4.78 is 0. The summed E-state index contributed by atoms with van der Waals surface area (Å²) in [7, 11) is 0. The van der Waals surface area contributed by atoms with Crippen LogP contribution in [0.1, 0.15) is 69.4 Å². The number of nitrogens with one attached hydrogen (secondary N) is 8. The van der Waals surface area contributed by atoms with Gasteiger partial charge in [0.15, 0.2) is 12.0 Å². The maximum Gasteiger partial charge on any atom is 0.328 e. The number of carbonyl (C=O) groups excluding carboxylic acids is 11. The molecule has 32 heteroatoms. The number of aliphatic hydroxyl groups excluding tert-OH is 2. The number of aliphatic hydroxyl groups is 2. The van der Waals surface area contributed by atoms with Crippen LogP contribution in [0.5, 0.6) is 5.75 Å². The van der Waals surface area contributed by atoms with Crippen molar-refractivity contribution in [3.8, 4) is 5.75 Å². The minimum absolute atomic E-state index is 0.0394. The Morgan fingerprint density at radius 2 is 1.17 bits per heavy atom. The zero-order valence-corrected chi connectivity index (χ0v) is 46.4. The average molecular weight is 1190 g/mol. The van der Waals surface area contributed by atoms with Crippen molar-refractivity contribution in [3.05, 3.63) is 65.7 Å². The van der Waals surface area contributed by atoms with Gasteiger partial charge in [0.1, 0.15) is 48.0 Å². The van der Waals surface area contributed by atoms with Crippen LogP contribution in [0.4, 0.5) is 0 Å². The second-order valence-electron chi connectivity index (χ2n) is 19.4. The fourth-order valence-electron chi connectivity index (χ4n) is 8.33. The number of rotatable bonds is 35. The smallest absolute Gasteiger partial charge is 0.328 e. The highest BCUT2D eigenvalue weighted by molar-refractivity contribution is 7.80. The molecule has 0 radical (unpaired) electrons. The molecule has 1 aliphatic heterocycles. The molecular weight excluding hydrogens is 1110 g/mol. The van der Waals surface area contributed by atoms with Crippen LogP contribution < -0.4 is 71.2 Å². The third-order valence-electron chi connectivity index (χ3n) is 12.8. The Bertz CT molecular complexity index is 2630. The van der Waals surface area contributed by atoms with E-state index in [0.717, 1.165) is 11.8 Å². The number of hydrogen-bond acceptors (Lipinski definition) is 18. The van der Waals surface area contributed by atoms with Crippen LogP contribution in [-0.4, -0.2) is 195 Å². The van der Waals surface area contributed by atoms with Crippen molar-refractivity contribution >= 4 is 89.5 Å². The van der Waals surface area contributed by atoms with Gasteiger partial charge in [-0.2, -0.15) is 12.6 Å². The number of phenols is 1. The van der Waals surface area contributed by atoms with Crippen molar-refractivity contribution in [1.82, 2.24) is 47.4 Å². The molecule has 1 fully saturated rings. The molecule has 10 atom stereocenters. The van der Waals surface area contributed by atoms with Gasteiger partial charge >= 0.3 is 5.97 Å². The fourth-order valence-corrected chi connectivity index (χ4v) is 8.50. The Balaban J connectivity index is 1.84. The van der Waals surface area contributed by atoms with Gasteiger partial charge in [0.25, 0.3) is 0 Å². The lowest BCUT2D eigenvalue weighted by Gasteiger charge is -2.30. The van der Waals surface area contributed by atoms with E-state index < -0.39 is 164 Å². The van der Waals surface area contributed by atoms with Gasteiger partial charge in [-0.1, -0.05) is 42.5 Å². The molecule has 1 heterocycles. The summed E-state index contributed by atoms with van der Waals surface area (Å²) in [6.07, 6.45) is -3.38. The van der Waals surface area contributed by atoms with Crippen LogP contribution in [0.2, 0.25) is 0 Å². The molecule has 31 nitrogen and oxygen atoms in total. The van der Waals surface area contributed by atoms with Crippen LogP contribution in [0.3, 0.4) is 0 Å². The number of thiol groups is 1. The molecular formula is C51H75N15O16S. The summed E-state index contributed by atoms with van der Waals surface area (Å²) in [5.74, 6) is -12.4. The molecule has 0 aromatic heterocycles. The SMILES string of the molecule is C[C@@H](O)[C@H](NC(=O)[C@H](Cc1ccccc1)NC(=O)[C@@H]1CCCN1C(=O)[C@H](CO)NC(=O)[C@H](CCCN=C(N)N)NC(=O)CNC(=O)[C@H](Cc1ccc(O)cc1)NC(=O)[C@H](CCC(N)=O)NC(=O)[C@H](CCC(N)=O)NC(=O)[C@@H](N)CS)C(=O)O. The summed E-state index contributed by atoms with van der Waals surface area (Å²) in [6, 6.07) is 0.363. The Labute approximate surface area is 482 Å². The van der Waals surface area contributed by atoms with E-state index in [4.69, 9.17) is 28.7 Å². The number of likely N-dealkylation sites (tertiary alicyclic amines) is 1. The largest absolute Gasteiger partial charge is 0.508 e. The van der Waals surface area contributed by atoms with Gasteiger partial charge in [0.05, 0.1) is 25.3 Å². The standard InChI is InChI=1S/C51H75N15O16S/c1-26(68)41(50(81)82)65-47(78)35(21-27-7-3-2-4-8-27)63-48(79)37-10-6-20-66(37)49(80)36(24-67)64-44(75)31(9-5-19-57-51(55)56)59-40(72)23-58-43(74)34(22-28-11-13-29(69)14-12-28)62-46(77)33(16-18-39(54)71)61-45(76)32(15-17-38(53)70)60-42(73)30(52)25-83/h2-4,7-8,11-14,26,30-37,41,67-69,83H,5-6,9-10,15-25,52H2,1H3,(H2,53,70)(H2,54,71)(H,58,74)(H,59,72)(H,60,73)(H,61,76)(H,62,77)(H,63,79)(H,64,75)(H,65,78)(H,81,82)(H4,55,56,57)/t26-,30+,31+,32+,33+,34+,35+,36+,37+,41+/m1/s1. The van der Waals surface area contributed by atoms with Crippen molar-refractivity contribution in [2.45, 2.75) is 132 Å². The van der Waals surface area contributed by atoms with E-state index in [1.54, 1.807) is 30.3 Å². The number of primary amides is 2. The Morgan fingerprint density at radius 1 is 0.663 bits per heavy atom. The number of guanidine groups is 1. The number of amides is 11. The summed E-state index contributed by atoms with van der Waals surface area (Å²) in [5.41, 5.74) is 28.2. The van der Waals surface area contributed by atoms with E-state index in [-0.39, 0.29) is 75.5 Å². The number of aliphatic carboxylic acids is 1. The van der Waals surface area contributed by atoms with Crippen LogP contribution in [0.15, 0.2) is 59.6 Å². The van der Waals surface area contributed by atoms with Gasteiger partial charge in [0.2, 0.25) is 65.0 Å². The number of carboxylic acids is 1. The van der Waals surface area contributed by atoms with Crippen molar-refractivity contribution in [1.29, 1.82) is 0 Å². The number of hydrogen-bond donors (Lipinski definition) is 18. The predicted octanol–water partition coefficient (Wildman–Crippen LogP) is -7.02. The van der Waals surface area contributed by atoms with Crippen LogP contribution in [0.25, 0.3) is 0 Å². The molecule has 0 saturated carbocycles. The van der Waals surface area contributed by atoms with Crippen LogP contribution in [-0.2, 0) is 70.4 Å². The molecule has 11 amide bonds. The molecule has 0 spiro atoms. The van der Waals surface area contributed by atoms with E-state index >= 15 is 0 Å². The molecule has 2 aromatic carbocycles. The highest BCUT2D eigenvalue weighted by Crippen LogP contribution is 2.20. The number of nitrogens with zero attached hydrogens (tertiary/aromatic N) is 2. The van der Waals surface area contributed by atoms with E-state index in [0.29, 0.717) is 11.1 Å². The van der Waals surface area contributed by atoms with E-state index in [1.165, 1.54) is 24.3 Å². The summed E-state index contributed by atoms with van der Waals surface area (Å²) in [5, 5.41) is 59.2. The van der Waals surface area contributed by atoms with Gasteiger partial charge in [-0.25, -0.2) is 4.79 Å². The maximum atomic E-state index is 14.1. The van der Waals surface area contributed by atoms with Crippen LogP contribution >= 0.6 is 12.6 Å². The summed E-state index contributed by atoms with van der Waals surface area (Å²) in [6.45, 7) is -0.794. The Kier molecular flexibility index (Phi) is 28.6. The highest BCUT2D eigenvalue weighted by Gasteiger charge is 2.40. The normalized spacial score (nSPS) is 16.0. The van der Waals surface area contributed by atoms with Gasteiger partial charge in [-0.3, -0.25) is 57.7 Å². The van der Waals surface area contributed by atoms with Gasteiger partial charge in [0, 0.05) is 44.5 Å². The lowest BCUT2D eigenvalue weighted by atomic mass is 10.0. The first kappa shape index (κ1) is 68.7. The number of aromatic hydroxyl groups is 1. The lowest BCUT2D eigenvalue weighted by Crippen LogP contribution is -2.60. The third-order valence-corrected chi connectivity index (χ3v) is 13.2. The molecule has 456 valence electrons. The quantitative estimate of drug-likeness (QED) is 0.0132. The van der Waals surface area contributed by atoms with Crippen molar-refractivity contribution in [3.63, 3.8) is 0 Å². The minimum atomic E-state index is -1.73. The topological polar surface area (TPSA) is 528 Å². The summed E-state index contributed by atoms with van der Waals surface area (Å²) in [4.78, 5) is 164. The van der Waals surface area contributed by atoms with Gasteiger partial charge < -0.3 is 96.5 Å². The molecule has 0 bridgehead atoms. The molecule has 0 unspecified atom stereocenters. The second kappa shape index (κ2) is 34.6. The number of aliphatic imine (C=N–C) groups is 1. The second-order valence-corrected chi connectivity index (χ2v) is 19.8. The number of benzene rings is 2. The molecule has 0 aliphatic carbocycles. The molecule has 83 heavy (non-hydrogen) atoms. The Hall–Kier alpha value is -8.62. The molecule has 1 aliphatic rings. The third kappa shape index (κ3) is 23.8. The van der Waals surface area contributed by atoms with Gasteiger partial charge in [-0.05, 0) is 68.7 Å². The van der Waals surface area contributed by atoms with Crippen molar-refractivity contribution in [2.75, 3.05) is 32.0 Å². The Morgan fingerprint density at radius 3 is 1.69 bits per heavy atom. The minimum Gasteiger partial charge on any atom is -0.508 e. The van der Waals surface area contributed by atoms with E-state index in [1.807, 2.05) is 0 Å². The van der Waals surface area contributed by atoms with Crippen LogP contribution in [0, 0.1) is 0 Å². The monoisotopic (exact) mass is 1190 g/mol. The first-order valence-corrected chi connectivity index (χ1v) is 26.9. The number of phenolic OH excluding ortho intramolecular Hbond substituents is 1. The molecule has 2 aromatic rings. The molecule has 3 rings (SSSR count).